The lowest BCUT2D eigenvalue weighted by atomic mass is 10.1. The topological polar surface area (TPSA) is 119 Å². The number of hydrogen-bond donors (Lipinski definition) is 3. The number of rotatable bonds is 9. The van der Waals surface area contributed by atoms with Gasteiger partial charge in [-0.05, 0) is 59.3 Å². The third-order valence-electron chi connectivity index (χ3n) is 4.06. The molecule has 1 aromatic carbocycles. The number of carbonyl (C=O) groups excluding carboxylic acids is 2. The summed E-state index contributed by atoms with van der Waals surface area (Å²) in [6.45, 7) is 8.90. The summed E-state index contributed by atoms with van der Waals surface area (Å²) in [7, 11) is 3.14. The van der Waals surface area contributed by atoms with E-state index in [-0.39, 0.29) is 18.2 Å². The molecule has 0 atom stereocenters. The normalized spacial score (nSPS) is 10.6. The predicted octanol–water partition coefficient (Wildman–Crippen LogP) is 4.38. The lowest BCUT2D eigenvalue weighted by Gasteiger charge is -2.13. The number of aliphatic imine (C=N–C) groups is 1. The fourth-order valence-electron chi connectivity index (χ4n) is 2.30. The number of methoxy groups -OCH3 is 1. The lowest BCUT2D eigenvalue weighted by molar-refractivity contribution is -0.113. The second-order valence-corrected chi connectivity index (χ2v) is 7.30. The van der Waals surface area contributed by atoms with E-state index in [1.165, 1.54) is 13.2 Å². The van der Waals surface area contributed by atoms with E-state index in [0.717, 1.165) is 4.47 Å². The number of nitrogens with two attached hydrogens (primary N) is 1. The summed E-state index contributed by atoms with van der Waals surface area (Å²) in [5.74, 6) is 0.972. The van der Waals surface area contributed by atoms with Crippen molar-refractivity contribution in [3.63, 3.8) is 0 Å². The van der Waals surface area contributed by atoms with Crippen LogP contribution in [0.4, 0.5) is 11.5 Å². The number of carbonyl (C=O) groups is 2. The van der Waals surface area contributed by atoms with Crippen LogP contribution in [0.2, 0.25) is 0 Å². The quantitative estimate of drug-likeness (QED) is 0.198. The maximum absolute atomic E-state index is 12.6. The summed E-state index contributed by atoms with van der Waals surface area (Å²) < 4.78 is 6.00. The van der Waals surface area contributed by atoms with Crippen LogP contribution in [0.15, 0.2) is 83.0 Å². The Bertz CT molecular complexity index is 1050. The van der Waals surface area contributed by atoms with Crippen molar-refractivity contribution in [2.75, 3.05) is 31.3 Å². The number of ketones is 1. The summed E-state index contributed by atoms with van der Waals surface area (Å²) in [5, 5.41) is 5.70. The number of anilines is 2. The number of nitrogens with zero attached hydrogens (tertiary/aromatic N) is 2. The molecule has 33 heavy (non-hydrogen) atoms. The molecule has 1 aromatic heterocycles. The SMILES string of the molecule is C/C=C/C(=O)CNc1ccc(OC)cc1C(=O)Nc1ccc(Br)cn1.C=CC(=C)C(N)=NC. The van der Waals surface area contributed by atoms with E-state index < -0.39 is 0 Å². The van der Waals surface area contributed by atoms with E-state index in [0.29, 0.717) is 34.2 Å². The van der Waals surface area contributed by atoms with Gasteiger partial charge in [-0.25, -0.2) is 4.98 Å². The highest BCUT2D eigenvalue weighted by molar-refractivity contribution is 9.10. The van der Waals surface area contributed by atoms with Gasteiger partial charge in [-0.1, -0.05) is 25.3 Å². The molecule has 0 radical (unpaired) electrons. The molecule has 9 heteroatoms. The Balaban J connectivity index is 0.000000582. The van der Waals surface area contributed by atoms with Crippen molar-refractivity contribution in [3.05, 3.63) is 83.5 Å². The number of allylic oxidation sites excluding steroid dienone is 1. The summed E-state index contributed by atoms with van der Waals surface area (Å²) in [6, 6.07) is 8.49. The number of aromatic nitrogens is 1. The number of ether oxygens (including phenoxy) is 1. The molecule has 0 bridgehead atoms. The van der Waals surface area contributed by atoms with Gasteiger partial charge in [-0.3, -0.25) is 14.6 Å². The fourth-order valence-corrected chi connectivity index (χ4v) is 2.54. The van der Waals surface area contributed by atoms with Gasteiger partial charge in [0.2, 0.25) is 0 Å². The van der Waals surface area contributed by atoms with Crippen molar-refractivity contribution in [3.8, 4) is 5.75 Å². The smallest absolute Gasteiger partial charge is 0.259 e. The van der Waals surface area contributed by atoms with Crippen LogP contribution in [0, 0.1) is 0 Å². The van der Waals surface area contributed by atoms with Gasteiger partial charge in [0.05, 0.1) is 19.2 Å². The molecule has 0 unspecified atom stereocenters. The first-order chi connectivity index (χ1) is 15.7. The molecular weight excluding hydrogens is 486 g/mol. The summed E-state index contributed by atoms with van der Waals surface area (Å²) in [6.07, 6.45) is 6.31. The van der Waals surface area contributed by atoms with Gasteiger partial charge in [0, 0.05) is 29.0 Å². The number of hydrogen-bond acceptors (Lipinski definition) is 6. The van der Waals surface area contributed by atoms with Crippen molar-refractivity contribution in [1.82, 2.24) is 4.98 Å². The molecule has 2 rings (SSSR count). The van der Waals surface area contributed by atoms with E-state index in [2.05, 4.69) is 49.7 Å². The lowest BCUT2D eigenvalue weighted by Crippen LogP contribution is -2.18. The second-order valence-electron chi connectivity index (χ2n) is 6.39. The van der Waals surface area contributed by atoms with Gasteiger partial charge in [0.1, 0.15) is 17.4 Å². The van der Waals surface area contributed by atoms with Crippen LogP contribution in [0.1, 0.15) is 17.3 Å². The number of nitrogens with one attached hydrogen (secondary N) is 2. The summed E-state index contributed by atoms with van der Waals surface area (Å²) >= 11 is 3.29. The fraction of sp³-hybridized carbons (Fsp3) is 0.167. The van der Waals surface area contributed by atoms with Crippen LogP contribution in [0.3, 0.4) is 0 Å². The minimum atomic E-state index is -0.352. The molecule has 8 nitrogen and oxygen atoms in total. The van der Waals surface area contributed by atoms with Crippen molar-refractivity contribution >= 4 is 45.0 Å². The standard InChI is InChI=1S/C18H18BrN3O3.C6H10N2/c1-3-4-13(23)11-20-16-7-6-14(25-2)9-15(16)18(24)22-17-8-5-12(19)10-21-17;1-4-5(2)6(7)8-3/h3-10,20H,11H2,1-2H3,(H,21,22,24);4H,1-2H2,3H3,(H2,7,8)/b4-3+;. The highest BCUT2D eigenvalue weighted by Crippen LogP contribution is 2.23. The molecule has 0 fully saturated rings. The van der Waals surface area contributed by atoms with Gasteiger partial charge < -0.3 is 21.1 Å². The van der Waals surface area contributed by atoms with Crippen molar-refractivity contribution in [1.29, 1.82) is 0 Å². The van der Waals surface area contributed by atoms with Crippen LogP contribution in [0.5, 0.6) is 5.75 Å². The Hall–Kier alpha value is -3.72. The van der Waals surface area contributed by atoms with Crippen LogP contribution < -0.4 is 21.1 Å². The predicted molar refractivity (Wildman–Crippen MR) is 138 cm³/mol. The third kappa shape index (κ3) is 9.53. The van der Waals surface area contributed by atoms with Gasteiger partial charge in [-0.2, -0.15) is 0 Å². The molecule has 0 aliphatic carbocycles. The number of pyridine rings is 1. The third-order valence-corrected chi connectivity index (χ3v) is 4.53. The van der Waals surface area contributed by atoms with E-state index in [9.17, 15) is 9.59 Å². The molecule has 174 valence electrons. The molecule has 1 amide bonds. The van der Waals surface area contributed by atoms with Crippen LogP contribution >= 0.6 is 15.9 Å². The maximum atomic E-state index is 12.6. The zero-order chi connectivity index (χ0) is 24.8. The first-order valence-electron chi connectivity index (χ1n) is 9.80. The number of benzene rings is 1. The Morgan fingerprint density at radius 2 is 2.03 bits per heavy atom. The Morgan fingerprint density at radius 3 is 2.55 bits per heavy atom. The minimum Gasteiger partial charge on any atom is -0.497 e. The van der Waals surface area contributed by atoms with Crippen molar-refractivity contribution < 1.29 is 14.3 Å². The monoisotopic (exact) mass is 513 g/mol. The Kier molecular flexibility index (Phi) is 11.9. The average molecular weight is 514 g/mol. The van der Waals surface area contributed by atoms with Crippen molar-refractivity contribution in [2.45, 2.75) is 6.92 Å². The molecule has 2 aromatic rings. The minimum absolute atomic E-state index is 0.0840. The average Bonchev–Trinajstić information content (AvgIpc) is 2.83. The molecule has 0 saturated carbocycles. The molecule has 1 heterocycles. The second kappa shape index (κ2) is 14.4. The zero-order valence-electron chi connectivity index (χ0n) is 18.9. The first-order valence-corrected chi connectivity index (χ1v) is 10.6. The Morgan fingerprint density at radius 1 is 1.30 bits per heavy atom. The van der Waals surface area contributed by atoms with Crippen LogP contribution in [-0.4, -0.2) is 43.2 Å². The molecule has 4 N–H and O–H groups in total. The van der Waals surface area contributed by atoms with Gasteiger partial charge in [0.15, 0.2) is 5.78 Å². The van der Waals surface area contributed by atoms with Gasteiger partial charge >= 0.3 is 0 Å². The first kappa shape index (κ1) is 27.3. The number of amides is 1. The number of halogens is 1. The molecular formula is C24H28BrN5O3. The summed E-state index contributed by atoms with van der Waals surface area (Å²) in [4.78, 5) is 32.1. The number of amidine groups is 1. The highest BCUT2D eigenvalue weighted by Gasteiger charge is 2.14. The molecule has 0 spiro atoms. The van der Waals surface area contributed by atoms with E-state index >= 15 is 0 Å². The van der Waals surface area contributed by atoms with Crippen molar-refractivity contribution in [2.24, 2.45) is 10.7 Å². The molecule has 0 saturated heterocycles. The van der Waals surface area contributed by atoms with Gasteiger partial charge in [0.25, 0.3) is 5.91 Å². The largest absolute Gasteiger partial charge is 0.497 e. The zero-order valence-corrected chi connectivity index (χ0v) is 20.5. The molecule has 0 aliphatic rings. The maximum Gasteiger partial charge on any atom is 0.259 e. The van der Waals surface area contributed by atoms with E-state index in [4.69, 9.17) is 10.5 Å². The van der Waals surface area contributed by atoms with E-state index in [1.807, 2.05) is 0 Å². The summed E-state index contributed by atoms with van der Waals surface area (Å²) in [5.41, 5.74) is 6.87. The van der Waals surface area contributed by atoms with Crippen LogP contribution in [0.25, 0.3) is 0 Å². The molecule has 0 aliphatic heterocycles. The van der Waals surface area contributed by atoms with E-state index in [1.54, 1.807) is 62.7 Å². The van der Waals surface area contributed by atoms with Gasteiger partial charge in [-0.15, -0.1) is 0 Å². The highest BCUT2D eigenvalue weighted by atomic mass is 79.9. The Labute approximate surface area is 202 Å². The van der Waals surface area contributed by atoms with Crippen LogP contribution in [-0.2, 0) is 4.79 Å².